The summed E-state index contributed by atoms with van der Waals surface area (Å²) in [6.45, 7) is 7.94. The summed E-state index contributed by atoms with van der Waals surface area (Å²) in [5.41, 5.74) is 4.65. The molecule has 1 amide bonds. The molecular weight excluding hydrogens is 507 g/mol. The van der Waals surface area contributed by atoms with E-state index in [0.29, 0.717) is 41.6 Å². The van der Waals surface area contributed by atoms with E-state index in [1.165, 1.54) is 41.9 Å². The predicted molar refractivity (Wildman–Crippen MR) is 155 cm³/mol. The van der Waals surface area contributed by atoms with E-state index in [-0.39, 0.29) is 17.7 Å². The van der Waals surface area contributed by atoms with Gasteiger partial charge in [-0.2, -0.15) is 4.79 Å². The number of hydrogen-bond donors (Lipinski definition) is 1. The fourth-order valence-electron chi connectivity index (χ4n) is 7.00. The second-order valence-corrected chi connectivity index (χ2v) is 11.9. The number of Topliss-reactive ketones (excluding diaryl/α,β-unsaturated/α-hetero) is 1. The van der Waals surface area contributed by atoms with Gasteiger partial charge in [0.1, 0.15) is 5.82 Å². The normalized spacial score (nSPS) is 23.1. The second-order valence-electron chi connectivity index (χ2n) is 11.9. The van der Waals surface area contributed by atoms with Crippen LogP contribution in [0.2, 0.25) is 0 Å². The van der Waals surface area contributed by atoms with Gasteiger partial charge >= 0.3 is 6.09 Å². The number of amides is 1. The number of nitrogens with two attached hydrogens (primary N) is 1. The molecule has 3 atom stereocenters. The quantitative estimate of drug-likeness (QED) is 0.236. The minimum atomic E-state index is -0.336. The molecule has 1 fully saturated rings. The molecule has 8 heteroatoms. The van der Waals surface area contributed by atoms with Crippen LogP contribution in [0.4, 0.5) is 20.6 Å². The number of carbonyl (C=O) groups is 2. The number of nitrogens with zero attached hydrogens (tertiary/aromatic N) is 3. The average molecular weight is 553 g/mol. The van der Waals surface area contributed by atoms with E-state index < -0.39 is 0 Å². The number of likely N-dealkylation sites (tertiary alicyclic amines) is 1. The Morgan fingerprint density at radius 1 is 1.07 bits per heavy atom. The maximum Gasteiger partial charge on any atom is 0.516 e. The van der Waals surface area contributed by atoms with E-state index in [1.54, 1.807) is 17.4 Å². The highest BCUT2D eigenvalue weighted by Crippen LogP contribution is 2.51. The molecule has 0 aliphatic carbocycles. The van der Waals surface area contributed by atoms with E-state index in [0.717, 1.165) is 58.5 Å². The molecule has 2 N–H and O–H groups in total. The number of anilines is 2. The molecule has 0 spiro atoms. The highest BCUT2D eigenvalue weighted by molar-refractivity contribution is 5.95. The molecule has 3 heterocycles. The SMILES string of the molecule is CCCCCC[NH2+]C(=O)OC[N+]1(CCCC(=O)c2ccc(F)cc2)CC[C@H]2[C@@H](C1)c1cccc3c1N2CCN3C. The second kappa shape index (κ2) is 12.7. The summed E-state index contributed by atoms with van der Waals surface area (Å²) in [6, 6.07) is 13.0. The Kier molecular flexibility index (Phi) is 9.06. The predicted octanol–water partition coefficient (Wildman–Crippen LogP) is 4.67. The Morgan fingerprint density at radius 3 is 2.70 bits per heavy atom. The van der Waals surface area contributed by atoms with Crippen LogP contribution in [0.5, 0.6) is 0 Å². The van der Waals surface area contributed by atoms with Crippen molar-refractivity contribution in [3.05, 3.63) is 59.4 Å². The largest absolute Gasteiger partial charge is 0.516 e. The van der Waals surface area contributed by atoms with E-state index in [4.69, 9.17) is 4.74 Å². The van der Waals surface area contributed by atoms with Crippen LogP contribution < -0.4 is 15.1 Å². The van der Waals surface area contributed by atoms with Gasteiger partial charge in [0.2, 0.25) is 6.73 Å². The third kappa shape index (κ3) is 6.18. The van der Waals surface area contributed by atoms with Crippen LogP contribution in [0, 0.1) is 5.82 Å². The number of unbranched alkanes of at least 4 members (excludes halogenated alkanes) is 3. The topological polar surface area (TPSA) is 66.5 Å². The van der Waals surface area contributed by atoms with Gasteiger partial charge in [0.15, 0.2) is 5.78 Å². The molecule has 3 aliphatic heterocycles. The summed E-state index contributed by atoms with van der Waals surface area (Å²) < 4.78 is 19.9. The molecule has 5 rings (SSSR count). The van der Waals surface area contributed by atoms with E-state index in [9.17, 15) is 14.0 Å². The molecule has 0 radical (unpaired) electrons. The van der Waals surface area contributed by atoms with Crippen LogP contribution in [0.1, 0.15) is 73.7 Å². The lowest BCUT2D eigenvalue weighted by Gasteiger charge is -2.46. The lowest BCUT2D eigenvalue weighted by Crippen LogP contribution is -2.88. The van der Waals surface area contributed by atoms with Gasteiger partial charge in [-0.15, -0.1) is 0 Å². The van der Waals surface area contributed by atoms with Crippen LogP contribution in [-0.2, 0) is 4.74 Å². The summed E-state index contributed by atoms with van der Waals surface area (Å²) in [5, 5.41) is 1.70. The number of carbonyl (C=O) groups excluding carboxylic acids is 2. The zero-order valence-corrected chi connectivity index (χ0v) is 24.1. The maximum atomic E-state index is 13.3. The number of halogens is 1. The third-order valence-corrected chi connectivity index (χ3v) is 9.22. The first-order valence-electron chi connectivity index (χ1n) is 15.2. The number of ether oxygens (including phenoxy) is 1. The van der Waals surface area contributed by atoms with E-state index in [1.807, 2.05) is 0 Å². The van der Waals surface area contributed by atoms with Crippen molar-refractivity contribution in [2.45, 2.75) is 63.8 Å². The van der Waals surface area contributed by atoms with Crippen molar-refractivity contribution in [3.8, 4) is 0 Å². The van der Waals surface area contributed by atoms with Crippen molar-refractivity contribution < 1.29 is 28.5 Å². The number of piperidine rings is 1. The zero-order valence-electron chi connectivity index (χ0n) is 24.1. The summed E-state index contributed by atoms with van der Waals surface area (Å²) in [6.07, 6.45) is 6.42. The number of ketones is 1. The number of benzene rings is 2. The Bertz CT molecular complexity index is 1190. The molecule has 1 unspecified atom stereocenters. The smallest absolute Gasteiger partial charge is 0.371 e. The Balaban J connectivity index is 1.28. The number of para-hydroxylation sites is 1. The highest BCUT2D eigenvalue weighted by atomic mass is 19.1. The zero-order chi connectivity index (χ0) is 28.1. The first-order chi connectivity index (χ1) is 19.4. The summed E-state index contributed by atoms with van der Waals surface area (Å²) in [5.74, 6) is 0.0678. The molecule has 7 nitrogen and oxygen atoms in total. The van der Waals surface area contributed by atoms with Crippen molar-refractivity contribution in [2.75, 3.05) is 62.8 Å². The van der Waals surface area contributed by atoms with Gasteiger partial charge in [0.05, 0.1) is 43.5 Å². The molecule has 216 valence electrons. The Hall–Kier alpha value is -2.97. The standard InChI is InChI=1S/C32H43FN4O3/c1-3-4-5-6-17-34-32(39)40-23-37(20-8-11-30(38)24-12-14-25(33)15-13-24)21-16-28-27(22-37)26-9-7-10-29-31(26)36(28)19-18-35(29)2/h7,9-10,12-15,27-28H,3-6,8,11,16-23H2,1-2H3/p+2/t27-,28-,37?/m0/s1. The molecule has 40 heavy (non-hydrogen) atoms. The van der Waals surface area contributed by atoms with Crippen LogP contribution in [-0.4, -0.2) is 75.4 Å². The first kappa shape index (κ1) is 28.6. The van der Waals surface area contributed by atoms with Gasteiger partial charge < -0.3 is 14.5 Å². The molecule has 0 aromatic heterocycles. The summed E-state index contributed by atoms with van der Waals surface area (Å²) in [7, 11) is 2.17. The highest BCUT2D eigenvalue weighted by Gasteiger charge is 2.50. The maximum absolute atomic E-state index is 13.3. The molecular formula is C32H45FN4O3+2. The van der Waals surface area contributed by atoms with Gasteiger partial charge in [-0.1, -0.05) is 31.9 Å². The molecule has 2 aromatic carbocycles. The number of hydrogen-bond acceptors (Lipinski definition) is 5. The lowest BCUT2D eigenvalue weighted by atomic mass is 9.87. The Labute approximate surface area is 237 Å². The van der Waals surface area contributed by atoms with Crippen molar-refractivity contribution in [1.29, 1.82) is 0 Å². The number of primary amides is 1. The van der Waals surface area contributed by atoms with Gasteiger partial charge in [0, 0.05) is 51.0 Å². The van der Waals surface area contributed by atoms with Crippen LogP contribution in [0.25, 0.3) is 0 Å². The van der Waals surface area contributed by atoms with Gasteiger partial charge in [0.25, 0.3) is 0 Å². The lowest BCUT2D eigenvalue weighted by molar-refractivity contribution is -0.950. The monoisotopic (exact) mass is 552 g/mol. The van der Waals surface area contributed by atoms with E-state index >= 15 is 0 Å². The van der Waals surface area contributed by atoms with E-state index in [2.05, 4.69) is 42.0 Å². The molecule has 0 saturated carbocycles. The number of quaternary nitrogens is 2. The molecule has 1 saturated heterocycles. The molecule has 0 bridgehead atoms. The first-order valence-corrected chi connectivity index (χ1v) is 15.2. The fraction of sp³-hybridized carbons (Fsp3) is 0.562. The summed E-state index contributed by atoms with van der Waals surface area (Å²) in [4.78, 5) is 30.5. The molecule has 3 aliphatic rings. The Morgan fingerprint density at radius 2 is 1.90 bits per heavy atom. The van der Waals surface area contributed by atoms with Gasteiger partial charge in [-0.3, -0.25) is 9.28 Å². The number of fused-ring (bicyclic) bond motifs is 3. The summed E-state index contributed by atoms with van der Waals surface area (Å²) >= 11 is 0. The van der Waals surface area contributed by atoms with Gasteiger partial charge in [-0.25, -0.2) is 9.71 Å². The van der Waals surface area contributed by atoms with Crippen LogP contribution in [0.3, 0.4) is 0 Å². The van der Waals surface area contributed by atoms with Crippen LogP contribution in [0.15, 0.2) is 42.5 Å². The minimum absolute atomic E-state index is 0.0291. The van der Waals surface area contributed by atoms with Crippen molar-refractivity contribution >= 4 is 23.3 Å². The van der Waals surface area contributed by atoms with Gasteiger partial charge in [-0.05, 0) is 48.7 Å². The fourth-order valence-corrected chi connectivity index (χ4v) is 7.00. The van der Waals surface area contributed by atoms with Crippen molar-refractivity contribution in [1.82, 2.24) is 0 Å². The average Bonchev–Trinajstić information content (AvgIpc) is 3.28. The third-order valence-electron chi connectivity index (χ3n) is 9.22. The molecule has 2 aromatic rings. The van der Waals surface area contributed by atoms with Crippen molar-refractivity contribution in [3.63, 3.8) is 0 Å². The number of rotatable bonds is 12. The minimum Gasteiger partial charge on any atom is -0.371 e. The van der Waals surface area contributed by atoms with Crippen LogP contribution >= 0.6 is 0 Å². The van der Waals surface area contributed by atoms with Crippen molar-refractivity contribution in [2.24, 2.45) is 0 Å². The number of likely N-dealkylation sites (N-methyl/N-ethyl adjacent to an activating group) is 1.